The summed E-state index contributed by atoms with van der Waals surface area (Å²) in [4.78, 5) is 6.39. The summed E-state index contributed by atoms with van der Waals surface area (Å²) in [5, 5.41) is 8.96. The number of pyridine rings is 1. The van der Waals surface area contributed by atoms with Crippen LogP contribution in [0, 0.1) is 0 Å². The molecule has 1 fully saturated rings. The van der Waals surface area contributed by atoms with Crippen molar-refractivity contribution in [3.63, 3.8) is 0 Å². The first-order valence-electron chi connectivity index (χ1n) is 6.84. The summed E-state index contributed by atoms with van der Waals surface area (Å²) < 4.78 is 0. The van der Waals surface area contributed by atoms with Gasteiger partial charge in [0.15, 0.2) is 0 Å². The summed E-state index contributed by atoms with van der Waals surface area (Å²) >= 11 is 8.99. The quantitative estimate of drug-likeness (QED) is 0.262. The van der Waals surface area contributed by atoms with E-state index in [9.17, 15) is 0 Å². The molecule has 1 saturated heterocycles. The van der Waals surface area contributed by atoms with Gasteiger partial charge in [0.25, 0.3) is 0 Å². The van der Waals surface area contributed by atoms with Crippen LogP contribution in [0.5, 0.6) is 0 Å². The van der Waals surface area contributed by atoms with E-state index < -0.39 is 0 Å². The minimum absolute atomic E-state index is 0.595. The zero-order valence-corrected chi connectivity index (χ0v) is 14.4. The third-order valence-electron chi connectivity index (χ3n) is 3.20. The van der Waals surface area contributed by atoms with Crippen LogP contribution in [-0.2, 0) is 27.7 Å². The Morgan fingerprint density at radius 2 is 1.86 bits per heavy atom. The van der Waals surface area contributed by atoms with Crippen molar-refractivity contribution in [2.75, 3.05) is 13.1 Å². The Balaban J connectivity index is 0.00000106. The maximum atomic E-state index is 5.33. The Bertz CT molecular complexity index is 459. The monoisotopic (exact) mass is 373 g/mol. The van der Waals surface area contributed by atoms with E-state index >= 15 is 0 Å². The number of hydrogen-bond acceptors (Lipinski definition) is 4. The fraction of sp³-hybridized carbons (Fsp3) is 0.500. The van der Waals surface area contributed by atoms with E-state index in [1.165, 1.54) is 25.7 Å². The molecule has 0 aliphatic carbocycles. The Hall–Kier alpha value is -0.681. The first kappa shape index (κ1) is 18.4. The van der Waals surface area contributed by atoms with E-state index in [4.69, 9.17) is 12.6 Å². The Kier molecular flexibility index (Phi) is 9.59. The first-order chi connectivity index (χ1) is 10.3. The fourth-order valence-electron chi connectivity index (χ4n) is 2.07. The zero-order chi connectivity index (χ0) is 15.5. The average molecular weight is 374 g/mol. The van der Waals surface area contributed by atoms with Crippen molar-refractivity contribution in [2.24, 2.45) is 10.2 Å². The number of hydrogen-bond donors (Lipinski definition) is 0. The molecule has 21 heavy (non-hydrogen) atoms. The summed E-state index contributed by atoms with van der Waals surface area (Å²) in [5.74, 6) is 0. The number of nitrogens with zero attached hydrogens (tertiary/aromatic N) is 4. The van der Waals surface area contributed by atoms with Gasteiger partial charge in [-0.05, 0) is 31.9 Å². The number of amidine groups is 1. The van der Waals surface area contributed by atoms with Crippen LogP contribution in [0.2, 0.25) is 0 Å². The SMILES string of the molecule is C/C(=N\N=C(/[S-])N1CCCCCC1)c1ccccn1.[Cl][Cu]. The van der Waals surface area contributed by atoms with Gasteiger partial charge < -0.3 is 17.5 Å². The second-order valence-corrected chi connectivity index (χ2v) is 5.05. The molecule has 2 heterocycles. The van der Waals surface area contributed by atoms with E-state index in [1.54, 1.807) is 6.20 Å². The van der Waals surface area contributed by atoms with E-state index in [0.29, 0.717) is 5.17 Å². The topological polar surface area (TPSA) is 40.9 Å². The van der Waals surface area contributed by atoms with Gasteiger partial charge in [0, 0.05) is 24.5 Å². The van der Waals surface area contributed by atoms with Gasteiger partial charge in [-0.1, -0.05) is 18.9 Å². The van der Waals surface area contributed by atoms with Gasteiger partial charge in [0.05, 0.1) is 11.4 Å². The molecular formula is C14H19ClCuN4S-. The molecule has 1 aromatic rings. The van der Waals surface area contributed by atoms with Crippen molar-refractivity contribution in [1.29, 1.82) is 0 Å². The van der Waals surface area contributed by atoms with Gasteiger partial charge in [-0.25, -0.2) is 0 Å². The predicted molar refractivity (Wildman–Crippen MR) is 87.1 cm³/mol. The molecule has 4 nitrogen and oxygen atoms in total. The number of likely N-dealkylation sites (tertiary alicyclic amines) is 1. The summed E-state index contributed by atoms with van der Waals surface area (Å²) in [6.45, 7) is 3.90. The summed E-state index contributed by atoms with van der Waals surface area (Å²) in [5.41, 5.74) is 1.63. The molecule has 0 unspecified atom stereocenters. The molecule has 0 amide bonds. The van der Waals surface area contributed by atoms with E-state index in [2.05, 4.69) is 45.3 Å². The molecule has 0 N–H and O–H groups in total. The number of rotatable bonds is 2. The van der Waals surface area contributed by atoms with Crippen LogP contribution in [0.25, 0.3) is 0 Å². The minimum atomic E-state index is 0.595. The van der Waals surface area contributed by atoms with Crippen molar-refractivity contribution in [1.82, 2.24) is 9.88 Å². The normalized spacial score (nSPS) is 16.9. The third kappa shape index (κ3) is 6.74. The van der Waals surface area contributed by atoms with Crippen molar-refractivity contribution in [3.05, 3.63) is 30.1 Å². The van der Waals surface area contributed by atoms with Crippen molar-refractivity contribution >= 4 is 33.6 Å². The first-order valence-corrected chi connectivity index (χ1v) is 8.55. The molecule has 2 rings (SSSR count). The third-order valence-corrected chi connectivity index (χ3v) is 3.54. The zero-order valence-electron chi connectivity index (χ0n) is 11.9. The maximum absolute atomic E-state index is 5.33. The predicted octanol–water partition coefficient (Wildman–Crippen LogP) is 3.27. The van der Waals surface area contributed by atoms with Gasteiger partial charge >= 0.3 is 25.2 Å². The molecule has 1 aliphatic heterocycles. The molecule has 0 spiro atoms. The summed E-state index contributed by atoms with van der Waals surface area (Å²) in [7, 11) is 4.20. The number of aromatic nitrogens is 1. The van der Waals surface area contributed by atoms with Crippen LogP contribution in [0.1, 0.15) is 38.3 Å². The van der Waals surface area contributed by atoms with Crippen LogP contribution in [0.3, 0.4) is 0 Å². The van der Waals surface area contributed by atoms with Crippen LogP contribution < -0.4 is 0 Å². The molecule has 0 radical (unpaired) electrons. The van der Waals surface area contributed by atoms with Crippen LogP contribution in [0.4, 0.5) is 0 Å². The molecule has 120 valence electrons. The molecular weight excluding hydrogens is 355 g/mol. The molecule has 1 aromatic heterocycles. The molecule has 1 aliphatic rings. The van der Waals surface area contributed by atoms with Crippen molar-refractivity contribution < 1.29 is 15.1 Å². The second kappa shape index (κ2) is 11.0. The average Bonchev–Trinajstić information content (AvgIpc) is 2.84. The van der Waals surface area contributed by atoms with Gasteiger partial charge in [-0.3, -0.25) is 4.98 Å². The Labute approximate surface area is 144 Å². The van der Waals surface area contributed by atoms with Crippen LogP contribution in [-0.4, -0.2) is 33.9 Å². The molecule has 0 bridgehead atoms. The van der Waals surface area contributed by atoms with Gasteiger partial charge in [0.2, 0.25) is 0 Å². The number of halogens is 1. The van der Waals surface area contributed by atoms with Gasteiger partial charge in [0.1, 0.15) is 0 Å². The molecule has 0 atom stereocenters. The molecule has 7 heteroatoms. The second-order valence-electron chi connectivity index (χ2n) is 4.68. The summed E-state index contributed by atoms with van der Waals surface area (Å²) in [6.07, 6.45) is 6.71. The Morgan fingerprint density at radius 3 is 2.43 bits per heavy atom. The van der Waals surface area contributed by atoms with Gasteiger partial charge in [-0.15, -0.1) is 0 Å². The van der Waals surface area contributed by atoms with Crippen molar-refractivity contribution in [3.8, 4) is 0 Å². The molecule has 0 aromatic carbocycles. The molecule has 0 saturated carbocycles. The van der Waals surface area contributed by atoms with E-state index in [0.717, 1.165) is 24.5 Å². The van der Waals surface area contributed by atoms with Crippen LogP contribution >= 0.6 is 10.1 Å². The summed E-state index contributed by atoms with van der Waals surface area (Å²) in [6, 6.07) is 5.74. The van der Waals surface area contributed by atoms with Crippen LogP contribution in [0.15, 0.2) is 34.6 Å². The van der Waals surface area contributed by atoms with E-state index in [-0.39, 0.29) is 0 Å². The standard InChI is InChI=1S/C14H20N4S.ClH.Cu/c1-12(13-8-4-5-9-15-13)16-17-14(19)18-10-6-2-3-7-11-18;;/h4-5,8-9H,2-3,6-7,10-11H2,1H3,(H,17,19);1H;/q;;+1/p-2/b16-12+;;. The van der Waals surface area contributed by atoms with Gasteiger partial charge in [-0.2, -0.15) is 10.2 Å². The fourth-order valence-corrected chi connectivity index (χ4v) is 2.29. The Morgan fingerprint density at radius 1 is 1.19 bits per heavy atom. The van der Waals surface area contributed by atoms with Crippen molar-refractivity contribution in [2.45, 2.75) is 32.6 Å². The van der Waals surface area contributed by atoms with E-state index in [1.807, 2.05) is 25.1 Å².